The molecule has 5 heteroatoms. The molecule has 3 aromatic rings. The molecule has 0 aliphatic carbocycles. The maximum Gasteiger partial charge on any atom is 0.123 e. The van der Waals surface area contributed by atoms with Gasteiger partial charge in [-0.2, -0.15) is 0 Å². The van der Waals surface area contributed by atoms with Gasteiger partial charge in [-0.1, -0.05) is 18.2 Å². The second-order valence-corrected chi connectivity index (χ2v) is 6.25. The predicted molar refractivity (Wildman–Crippen MR) is 95.9 cm³/mol. The number of hydrogen-bond acceptors (Lipinski definition) is 4. The summed E-state index contributed by atoms with van der Waals surface area (Å²) < 4.78 is 18.3. The number of nitrogens with one attached hydrogen (secondary N) is 1. The Morgan fingerprint density at radius 3 is 2.71 bits per heavy atom. The number of nitrogens with zero attached hydrogens (tertiary/aromatic N) is 1. The number of aromatic nitrogens is 1. The Balaban J connectivity index is 1.52. The van der Waals surface area contributed by atoms with Crippen molar-refractivity contribution in [1.29, 1.82) is 0 Å². The van der Waals surface area contributed by atoms with Gasteiger partial charge in [0.05, 0.1) is 12.8 Å². The third-order valence-corrected chi connectivity index (χ3v) is 4.65. The van der Waals surface area contributed by atoms with Crippen molar-refractivity contribution in [3.63, 3.8) is 0 Å². The Morgan fingerprint density at radius 2 is 1.92 bits per heavy atom. The average Bonchev–Trinajstić information content (AvgIpc) is 3.08. The van der Waals surface area contributed by atoms with E-state index in [1.54, 1.807) is 30.6 Å². The van der Waals surface area contributed by atoms with Crippen molar-refractivity contribution in [2.24, 2.45) is 0 Å². The van der Waals surface area contributed by atoms with Crippen LogP contribution in [-0.2, 0) is 13.0 Å². The zero-order valence-electron chi connectivity index (χ0n) is 13.5. The van der Waals surface area contributed by atoms with Crippen molar-refractivity contribution in [1.82, 2.24) is 10.3 Å². The summed E-state index contributed by atoms with van der Waals surface area (Å²) >= 11 is 1.58. The molecule has 0 aliphatic rings. The molecule has 0 radical (unpaired) electrons. The van der Waals surface area contributed by atoms with Crippen LogP contribution in [0.2, 0.25) is 0 Å². The molecule has 0 aliphatic heterocycles. The zero-order valence-corrected chi connectivity index (χ0v) is 14.3. The van der Waals surface area contributed by atoms with Crippen LogP contribution < -0.4 is 10.1 Å². The summed E-state index contributed by atoms with van der Waals surface area (Å²) in [6.45, 7) is 1.57. The number of methoxy groups -OCH3 is 1. The van der Waals surface area contributed by atoms with Gasteiger partial charge in [0.2, 0.25) is 0 Å². The fourth-order valence-corrected chi connectivity index (χ4v) is 3.29. The number of benzene rings is 2. The SMILES string of the molecule is COc1ccccc1CCNCc1csc(-c2ccc(F)cc2)n1. The zero-order chi connectivity index (χ0) is 16.8. The van der Waals surface area contributed by atoms with Gasteiger partial charge in [-0.25, -0.2) is 9.37 Å². The molecule has 2 aromatic carbocycles. The van der Waals surface area contributed by atoms with Crippen molar-refractivity contribution >= 4 is 11.3 Å². The molecule has 3 nitrogen and oxygen atoms in total. The van der Waals surface area contributed by atoms with E-state index >= 15 is 0 Å². The third-order valence-electron chi connectivity index (χ3n) is 3.71. The highest BCUT2D eigenvalue weighted by molar-refractivity contribution is 7.13. The number of para-hydroxylation sites is 1. The molecule has 124 valence electrons. The lowest BCUT2D eigenvalue weighted by Crippen LogP contribution is -2.17. The summed E-state index contributed by atoms with van der Waals surface area (Å²) in [4.78, 5) is 4.60. The van der Waals surface area contributed by atoms with E-state index in [-0.39, 0.29) is 5.82 Å². The fourth-order valence-electron chi connectivity index (χ4n) is 2.46. The monoisotopic (exact) mass is 342 g/mol. The van der Waals surface area contributed by atoms with Crippen molar-refractivity contribution in [3.8, 4) is 16.3 Å². The minimum Gasteiger partial charge on any atom is -0.496 e. The van der Waals surface area contributed by atoms with E-state index in [2.05, 4.69) is 16.4 Å². The molecule has 0 unspecified atom stereocenters. The Hall–Kier alpha value is -2.24. The summed E-state index contributed by atoms with van der Waals surface area (Å²) in [6, 6.07) is 14.5. The molecule has 24 heavy (non-hydrogen) atoms. The van der Waals surface area contributed by atoms with Gasteiger partial charge in [0.1, 0.15) is 16.6 Å². The van der Waals surface area contributed by atoms with Gasteiger partial charge in [0.15, 0.2) is 0 Å². The molecule has 0 amide bonds. The van der Waals surface area contributed by atoms with E-state index in [1.807, 2.05) is 23.6 Å². The number of halogens is 1. The molecule has 3 rings (SSSR count). The highest BCUT2D eigenvalue weighted by atomic mass is 32.1. The third kappa shape index (κ3) is 4.19. The van der Waals surface area contributed by atoms with Gasteiger partial charge in [-0.05, 0) is 48.9 Å². The van der Waals surface area contributed by atoms with Crippen molar-refractivity contribution in [2.75, 3.05) is 13.7 Å². The lowest BCUT2D eigenvalue weighted by molar-refractivity contribution is 0.409. The maximum absolute atomic E-state index is 13.0. The van der Waals surface area contributed by atoms with Crippen molar-refractivity contribution < 1.29 is 9.13 Å². The first kappa shape index (κ1) is 16.6. The van der Waals surface area contributed by atoms with Gasteiger partial charge in [-0.15, -0.1) is 11.3 Å². The number of thiazole rings is 1. The van der Waals surface area contributed by atoms with Crippen LogP contribution in [-0.4, -0.2) is 18.6 Å². The number of rotatable bonds is 7. The number of ether oxygens (including phenoxy) is 1. The molecule has 1 aromatic heterocycles. The predicted octanol–water partition coefficient (Wildman–Crippen LogP) is 4.29. The summed E-state index contributed by atoms with van der Waals surface area (Å²) in [6.07, 6.45) is 0.902. The highest BCUT2D eigenvalue weighted by Crippen LogP contribution is 2.24. The molecule has 0 saturated carbocycles. The smallest absolute Gasteiger partial charge is 0.123 e. The van der Waals surface area contributed by atoms with E-state index in [9.17, 15) is 4.39 Å². The van der Waals surface area contributed by atoms with Crippen LogP contribution in [0.15, 0.2) is 53.9 Å². The molecule has 1 heterocycles. The van der Waals surface area contributed by atoms with Crippen LogP contribution in [0.4, 0.5) is 4.39 Å². The Bertz CT molecular complexity index is 786. The molecule has 0 spiro atoms. The first-order chi connectivity index (χ1) is 11.8. The Labute approximate surface area is 145 Å². The minimum atomic E-state index is -0.228. The van der Waals surface area contributed by atoms with E-state index in [1.165, 1.54) is 17.7 Å². The largest absolute Gasteiger partial charge is 0.496 e. The topological polar surface area (TPSA) is 34.1 Å². The average molecular weight is 342 g/mol. The van der Waals surface area contributed by atoms with Crippen LogP contribution in [0.5, 0.6) is 5.75 Å². The molecule has 0 bridgehead atoms. The van der Waals surface area contributed by atoms with E-state index in [0.29, 0.717) is 6.54 Å². The van der Waals surface area contributed by atoms with Crippen LogP contribution in [0, 0.1) is 5.82 Å². The summed E-state index contributed by atoms with van der Waals surface area (Å²) in [5.41, 5.74) is 3.14. The minimum absolute atomic E-state index is 0.228. The van der Waals surface area contributed by atoms with Crippen LogP contribution in [0.25, 0.3) is 10.6 Å². The Kier molecular flexibility index (Phi) is 5.56. The summed E-state index contributed by atoms with van der Waals surface area (Å²) in [7, 11) is 1.69. The molecule has 0 atom stereocenters. The van der Waals surface area contributed by atoms with Gasteiger partial charge in [0.25, 0.3) is 0 Å². The van der Waals surface area contributed by atoms with E-state index in [4.69, 9.17) is 4.74 Å². The maximum atomic E-state index is 13.0. The Morgan fingerprint density at radius 1 is 1.12 bits per heavy atom. The van der Waals surface area contributed by atoms with Gasteiger partial charge < -0.3 is 10.1 Å². The number of hydrogen-bond donors (Lipinski definition) is 1. The quantitative estimate of drug-likeness (QED) is 0.651. The summed E-state index contributed by atoms with van der Waals surface area (Å²) in [5.74, 6) is 0.695. The molecule has 0 saturated heterocycles. The highest BCUT2D eigenvalue weighted by Gasteiger charge is 2.05. The van der Waals surface area contributed by atoms with E-state index in [0.717, 1.165) is 35.0 Å². The lowest BCUT2D eigenvalue weighted by atomic mass is 10.1. The molecular weight excluding hydrogens is 323 g/mol. The molecular formula is C19H19FN2OS. The van der Waals surface area contributed by atoms with Gasteiger partial charge in [-0.3, -0.25) is 0 Å². The normalized spacial score (nSPS) is 10.8. The van der Waals surface area contributed by atoms with E-state index < -0.39 is 0 Å². The first-order valence-corrected chi connectivity index (χ1v) is 8.67. The second kappa shape index (κ2) is 8.04. The second-order valence-electron chi connectivity index (χ2n) is 5.39. The lowest BCUT2D eigenvalue weighted by Gasteiger charge is -2.08. The van der Waals surface area contributed by atoms with Crippen LogP contribution in [0.3, 0.4) is 0 Å². The first-order valence-electron chi connectivity index (χ1n) is 7.79. The fraction of sp³-hybridized carbons (Fsp3) is 0.211. The van der Waals surface area contributed by atoms with Crippen molar-refractivity contribution in [2.45, 2.75) is 13.0 Å². The van der Waals surface area contributed by atoms with Gasteiger partial charge in [0, 0.05) is 17.5 Å². The van der Waals surface area contributed by atoms with Crippen LogP contribution >= 0.6 is 11.3 Å². The molecule has 1 N–H and O–H groups in total. The molecule has 0 fully saturated rings. The van der Waals surface area contributed by atoms with Crippen molar-refractivity contribution in [3.05, 3.63) is 71.0 Å². The van der Waals surface area contributed by atoms with Crippen LogP contribution in [0.1, 0.15) is 11.3 Å². The standard InChI is InChI=1S/C19H19FN2OS/c1-23-18-5-3-2-4-14(18)10-11-21-12-17-13-24-19(22-17)15-6-8-16(20)9-7-15/h2-9,13,21H,10-12H2,1H3. The summed E-state index contributed by atoms with van der Waals surface area (Å²) in [5, 5.41) is 6.35. The van der Waals surface area contributed by atoms with Gasteiger partial charge >= 0.3 is 0 Å².